The molecule has 0 spiro atoms. The van der Waals surface area contributed by atoms with E-state index in [0.29, 0.717) is 12.8 Å². The molecule has 0 amide bonds. The van der Waals surface area contributed by atoms with Gasteiger partial charge >= 0.3 is 0 Å². The molecule has 0 aliphatic carbocycles. The van der Waals surface area contributed by atoms with Crippen molar-refractivity contribution in [3.63, 3.8) is 0 Å². The third-order valence-electron chi connectivity index (χ3n) is 3.93. The number of rotatable bonds is 6. The van der Waals surface area contributed by atoms with Crippen molar-refractivity contribution in [1.29, 1.82) is 0 Å². The Bertz CT molecular complexity index is 654. The van der Waals surface area contributed by atoms with Gasteiger partial charge in [0.1, 0.15) is 0 Å². The summed E-state index contributed by atoms with van der Waals surface area (Å²) in [5, 5.41) is 4.69. The van der Waals surface area contributed by atoms with Crippen LogP contribution in [0.1, 0.15) is 30.2 Å². The minimum Gasteiger partial charge on any atom is -0.454 e. The van der Waals surface area contributed by atoms with Crippen LogP contribution in [-0.4, -0.2) is 24.4 Å². The number of nitrogens with one attached hydrogen (secondary N) is 1. The van der Waals surface area contributed by atoms with Crippen molar-refractivity contribution < 1.29 is 9.47 Å². The normalized spacial score (nSPS) is 14.3. The molecule has 22 heavy (non-hydrogen) atoms. The monoisotopic (exact) mass is 318 g/mol. The molecule has 0 bridgehead atoms. The minimum atomic E-state index is 0.307. The number of benzene rings is 1. The van der Waals surface area contributed by atoms with E-state index in [2.05, 4.69) is 32.2 Å². The average Bonchev–Trinajstić information content (AvgIpc) is 3.12. The quantitative estimate of drug-likeness (QED) is 0.880. The van der Waals surface area contributed by atoms with E-state index in [-0.39, 0.29) is 0 Å². The first-order valence-electron chi connectivity index (χ1n) is 7.77. The van der Waals surface area contributed by atoms with Gasteiger partial charge in [-0.25, -0.2) is 4.98 Å². The highest BCUT2D eigenvalue weighted by molar-refractivity contribution is 7.12. The van der Waals surface area contributed by atoms with Gasteiger partial charge in [0.15, 0.2) is 11.5 Å². The third kappa shape index (κ3) is 3.25. The second-order valence-corrected chi connectivity index (χ2v) is 6.88. The molecule has 4 nitrogen and oxygen atoms in total. The molecular weight excluding hydrogens is 296 g/mol. The van der Waals surface area contributed by atoms with Crippen molar-refractivity contribution in [1.82, 2.24) is 10.3 Å². The fourth-order valence-electron chi connectivity index (χ4n) is 2.44. The first-order valence-corrected chi connectivity index (χ1v) is 8.58. The molecule has 3 rings (SSSR count). The fourth-order valence-corrected chi connectivity index (χ4v) is 3.39. The number of hydrogen-bond donors (Lipinski definition) is 1. The lowest BCUT2D eigenvalue weighted by Gasteiger charge is -2.09. The molecule has 1 N–H and O–H groups in total. The lowest BCUT2D eigenvalue weighted by Crippen LogP contribution is -2.27. The zero-order valence-electron chi connectivity index (χ0n) is 13.3. The Morgan fingerprint density at radius 2 is 2.14 bits per heavy atom. The molecule has 1 atom stereocenters. The topological polar surface area (TPSA) is 43.4 Å². The number of nitrogens with zero attached hydrogens (tertiary/aromatic N) is 1. The fraction of sp³-hybridized carbons (Fsp3) is 0.471. The molecule has 2 heterocycles. The molecule has 0 saturated heterocycles. The lowest BCUT2D eigenvalue weighted by atomic mass is 10.1. The first kappa shape index (κ1) is 15.3. The summed E-state index contributed by atoms with van der Waals surface area (Å²) in [6.45, 7) is 7.82. The van der Waals surface area contributed by atoms with E-state index in [1.54, 1.807) is 11.3 Å². The van der Waals surface area contributed by atoms with Crippen LogP contribution >= 0.6 is 11.3 Å². The van der Waals surface area contributed by atoms with E-state index in [0.717, 1.165) is 42.1 Å². The van der Waals surface area contributed by atoms with Gasteiger partial charge in [0, 0.05) is 29.4 Å². The molecule has 1 unspecified atom stereocenters. The summed E-state index contributed by atoms with van der Waals surface area (Å²) in [6.07, 6.45) is 2.12. The molecule has 5 heteroatoms. The maximum absolute atomic E-state index is 5.45. The number of thiazole rings is 1. The largest absolute Gasteiger partial charge is 0.454 e. The van der Waals surface area contributed by atoms with Crippen LogP contribution in [0, 0.1) is 6.92 Å². The SMILES string of the molecule is CCC(C)NCCc1nc(-c2ccc3c(c2)OCO3)c(C)s1. The number of ether oxygens (including phenoxy) is 2. The van der Waals surface area contributed by atoms with Crippen molar-refractivity contribution in [2.75, 3.05) is 13.3 Å². The Labute approximate surface area is 135 Å². The Hall–Kier alpha value is -1.59. The second kappa shape index (κ2) is 6.67. The van der Waals surface area contributed by atoms with Gasteiger partial charge < -0.3 is 14.8 Å². The summed E-state index contributed by atoms with van der Waals surface area (Å²) in [7, 11) is 0. The zero-order valence-corrected chi connectivity index (χ0v) is 14.1. The molecule has 2 aromatic rings. The Morgan fingerprint density at radius 1 is 1.32 bits per heavy atom. The zero-order chi connectivity index (χ0) is 15.5. The van der Waals surface area contributed by atoms with E-state index in [4.69, 9.17) is 14.5 Å². The average molecular weight is 318 g/mol. The van der Waals surface area contributed by atoms with Crippen molar-refractivity contribution in [2.45, 2.75) is 39.7 Å². The van der Waals surface area contributed by atoms with Crippen LogP contribution in [0.3, 0.4) is 0 Å². The summed E-state index contributed by atoms with van der Waals surface area (Å²) < 4.78 is 10.8. The van der Waals surface area contributed by atoms with Crippen LogP contribution in [0.2, 0.25) is 0 Å². The number of aryl methyl sites for hydroxylation is 1. The minimum absolute atomic E-state index is 0.307. The van der Waals surface area contributed by atoms with Gasteiger partial charge in [0.2, 0.25) is 6.79 Å². The molecular formula is C17H22N2O2S. The Morgan fingerprint density at radius 3 is 2.95 bits per heavy atom. The van der Waals surface area contributed by atoms with Crippen LogP contribution in [-0.2, 0) is 6.42 Å². The maximum atomic E-state index is 5.45. The van der Waals surface area contributed by atoms with E-state index in [9.17, 15) is 0 Å². The predicted octanol–water partition coefficient (Wildman–Crippen LogP) is 3.78. The maximum Gasteiger partial charge on any atom is 0.231 e. The lowest BCUT2D eigenvalue weighted by molar-refractivity contribution is 0.174. The highest BCUT2D eigenvalue weighted by Crippen LogP contribution is 2.37. The van der Waals surface area contributed by atoms with Crippen LogP contribution < -0.4 is 14.8 Å². The molecule has 118 valence electrons. The van der Waals surface area contributed by atoms with Gasteiger partial charge in [0.25, 0.3) is 0 Å². The van der Waals surface area contributed by atoms with E-state index < -0.39 is 0 Å². The molecule has 1 aromatic carbocycles. The van der Waals surface area contributed by atoms with E-state index >= 15 is 0 Å². The number of hydrogen-bond acceptors (Lipinski definition) is 5. The van der Waals surface area contributed by atoms with Gasteiger partial charge in [-0.2, -0.15) is 0 Å². The highest BCUT2D eigenvalue weighted by atomic mass is 32.1. The molecule has 1 aliphatic heterocycles. The Kier molecular flexibility index (Phi) is 4.64. The second-order valence-electron chi connectivity index (χ2n) is 5.59. The molecule has 0 radical (unpaired) electrons. The van der Waals surface area contributed by atoms with Crippen molar-refractivity contribution in [2.24, 2.45) is 0 Å². The van der Waals surface area contributed by atoms with Gasteiger partial charge in [-0.3, -0.25) is 0 Å². The van der Waals surface area contributed by atoms with Crippen LogP contribution in [0.15, 0.2) is 18.2 Å². The Balaban J connectivity index is 1.72. The van der Waals surface area contributed by atoms with E-state index in [1.807, 2.05) is 12.1 Å². The number of aromatic nitrogens is 1. The molecule has 0 saturated carbocycles. The van der Waals surface area contributed by atoms with E-state index in [1.165, 1.54) is 9.88 Å². The molecule has 1 aromatic heterocycles. The standard InChI is InChI=1S/C17H22N2O2S/c1-4-11(2)18-8-7-16-19-17(12(3)22-16)13-5-6-14-15(9-13)21-10-20-14/h5-6,9,11,18H,4,7-8,10H2,1-3H3. The summed E-state index contributed by atoms with van der Waals surface area (Å²) >= 11 is 1.78. The number of fused-ring (bicyclic) bond motifs is 1. The van der Waals surface area contributed by atoms with Crippen molar-refractivity contribution >= 4 is 11.3 Å². The van der Waals surface area contributed by atoms with Crippen molar-refractivity contribution in [3.05, 3.63) is 28.1 Å². The van der Waals surface area contributed by atoms with Crippen LogP contribution in [0.4, 0.5) is 0 Å². The third-order valence-corrected chi connectivity index (χ3v) is 4.96. The summed E-state index contributed by atoms with van der Waals surface area (Å²) in [6, 6.07) is 6.59. The van der Waals surface area contributed by atoms with Crippen LogP contribution in [0.5, 0.6) is 11.5 Å². The van der Waals surface area contributed by atoms with Gasteiger partial charge in [-0.1, -0.05) is 6.92 Å². The van der Waals surface area contributed by atoms with Gasteiger partial charge in [-0.15, -0.1) is 11.3 Å². The van der Waals surface area contributed by atoms with Gasteiger partial charge in [-0.05, 0) is 38.5 Å². The molecule has 0 fully saturated rings. The first-order chi connectivity index (χ1) is 10.7. The summed E-state index contributed by atoms with van der Waals surface area (Å²) in [4.78, 5) is 6.06. The smallest absolute Gasteiger partial charge is 0.231 e. The summed E-state index contributed by atoms with van der Waals surface area (Å²) in [5.41, 5.74) is 2.15. The molecule has 1 aliphatic rings. The van der Waals surface area contributed by atoms with Crippen molar-refractivity contribution in [3.8, 4) is 22.8 Å². The summed E-state index contributed by atoms with van der Waals surface area (Å²) in [5.74, 6) is 1.62. The highest BCUT2D eigenvalue weighted by Gasteiger charge is 2.16. The predicted molar refractivity (Wildman–Crippen MR) is 89.9 cm³/mol. The van der Waals surface area contributed by atoms with Gasteiger partial charge in [0.05, 0.1) is 10.7 Å². The van der Waals surface area contributed by atoms with Crippen LogP contribution in [0.25, 0.3) is 11.3 Å².